The molecule has 0 saturated heterocycles. The van der Waals surface area contributed by atoms with E-state index in [9.17, 15) is 4.79 Å². The van der Waals surface area contributed by atoms with E-state index in [-0.39, 0.29) is 6.10 Å². The molecule has 0 heterocycles. The molecular formula is C14H28O5. The molecule has 2 unspecified atom stereocenters. The van der Waals surface area contributed by atoms with E-state index in [1.165, 1.54) is 0 Å². The summed E-state index contributed by atoms with van der Waals surface area (Å²) in [6, 6.07) is 0. The highest BCUT2D eigenvalue weighted by atomic mass is 17.5. The Kier molecular flexibility index (Phi) is 11.7. The van der Waals surface area contributed by atoms with Gasteiger partial charge in [-0.15, -0.1) is 0 Å². The first-order chi connectivity index (χ1) is 9.15. The topological polar surface area (TPSA) is 65.0 Å². The molecule has 0 radical (unpaired) electrons. The van der Waals surface area contributed by atoms with Gasteiger partial charge in [0.25, 0.3) is 0 Å². The minimum absolute atomic E-state index is 0.0950. The fourth-order valence-electron chi connectivity index (χ4n) is 2.18. The third-order valence-corrected chi connectivity index (χ3v) is 3.34. The molecule has 0 bridgehead atoms. The second kappa shape index (κ2) is 12.2. The van der Waals surface area contributed by atoms with Crippen molar-refractivity contribution in [3.8, 4) is 0 Å². The molecule has 2 atom stereocenters. The molecule has 0 fully saturated rings. The Morgan fingerprint density at radius 1 is 1.05 bits per heavy atom. The molecule has 19 heavy (non-hydrogen) atoms. The van der Waals surface area contributed by atoms with E-state index >= 15 is 0 Å². The maximum Gasteiger partial charge on any atom is 0.540 e. The summed E-state index contributed by atoms with van der Waals surface area (Å²) >= 11 is 0. The number of hydrogen-bond donors (Lipinski definition) is 1. The standard InChI is InChI=1S/C14H28O5/c1-4-7-9-11-13(17-19-18-14(15)16)12(6-3)10-8-5-2/h12-13H,4-11H2,1-3H3,(H,15,16). The lowest BCUT2D eigenvalue weighted by Crippen LogP contribution is -2.25. The fraction of sp³-hybridized carbons (Fsp3) is 0.929. The van der Waals surface area contributed by atoms with Crippen molar-refractivity contribution in [1.29, 1.82) is 0 Å². The zero-order chi connectivity index (χ0) is 14.5. The van der Waals surface area contributed by atoms with Crippen LogP contribution in [0, 0.1) is 5.92 Å². The quantitative estimate of drug-likeness (QED) is 0.318. The lowest BCUT2D eigenvalue weighted by atomic mass is 9.90. The van der Waals surface area contributed by atoms with Crippen LogP contribution in [0.15, 0.2) is 0 Å². The number of carboxylic acid groups (broad SMARTS) is 1. The summed E-state index contributed by atoms with van der Waals surface area (Å²) in [5.41, 5.74) is 0. The van der Waals surface area contributed by atoms with Gasteiger partial charge in [-0.25, -0.2) is 9.68 Å². The molecule has 0 aliphatic carbocycles. The Morgan fingerprint density at radius 2 is 1.74 bits per heavy atom. The Hall–Kier alpha value is -0.810. The van der Waals surface area contributed by atoms with Gasteiger partial charge in [0.05, 0.1) is 6.10 Å². The van der Waals surface area contributed by atoms with E-state index in [1.54, 1.807) is 0 Å². The number of carbonyl (C=O) groups is 1. The zero-order valence-corrected chi connectivity index (χ0v) is 12.4. The summed E-state index contributed by atoms with van der Waals surface area (Å²) in [5, 5.41) is 12.7. The predicted molar refractivity (Wildman–Crippen MR) is 72.5 cm³/mol. The Balaban J connectivity index is 4.21. The summed E-state index contributed by atoms with van der Waals surface area (Å²) in [7, 11) is 0. The molecule has 0 saturated carbocycles. The molecule has 0 aromatic heterocycles. The molecule has 0 amide bonds. The van der Waals surface area contributed by atoms with Crippen LogP contribution in [-0.4, -0.2) is 17.4 Å². The smallest absolute Gasteiger partial charge is 0.448 e. The SMILES string of the molecule is CCCCCC(OOOC(=O)O)C(CC)CCCC. The lowest BCUT2D eigenvalue weighted by Gasteiger charge is -2.24. The van der Waals surface area contributed by atoms with E-state index in [0.717, 1.165) is 51.4 Å². The molecule has 0 spiro atoms. The molecule has 1 N–H and O–H groups in total. The number of unbranched alkanes of at least 4 members (excludes halogenated alkanes) is 3. The van der Waals surface area contributed by atoms with Crippen LogP contribution in [0.5, 0.6) is 0 Å². The summed E-state index contributed by atoms with van der Waals surface area (Å²) < 4.78 is 0. The third-order valence-electron chi connectivity index (χ3n) is 3.34. The molecule has 0 aromatic rings. The van der Waals surface area contributed by atoms with E-state index in [1.807, 2.05) is 0 Å². The maximum absolute atomic E-state index is 10.2. The number of rotatable bonds is 12. The van der Waals surface area contributed by atoms with Gasteiger partial charge in [-0.05, 0) is 23.8 Å². The average Bonchev–Trinajstić information content (AvgIpc) is 2.38. The molecule has 5 nitrogen and oxygen atoms in total. The van der Waals surface area contributed by atoms with Gasteiger partial charge in [0.2, 0.25) is 0 Å². The van der Waals surface area contributed by atoms with Gasteiger partial charge in [0.15, 0.2) is 0 Å². The van der Waals surface area contributed by atoms with Crippen LogP contribution in [0.1, 0.15) is 72.1 Å². The van der Waals surface area contributed by atoms with Crippen LogP contribution in [0.25, 0.3) is 0 Å². The Labute approximate surface area is 116 Å². The molecule has 0 aliphatic heterocycles. The van der Waals surface area contributed by atoms with Gasteiger partial charge in [-0.2, -0.15) is 4.89 Å². The molecule has 5 heteroatoms. The van der Waals surface area contributed by atoms with Crippen LogP contribution >= 0.6 is 0 Å². The van der Waals surface area contributed by atoms with Crippen molar-refractivity contribution in [1.82, 2.24) is 0 Å². The van der Waals surface area contributed by atoms with Crippen molar-refractivity contribution >= 4 is 6.16 Å². The van der Waals surface area contributed by atoms with Crippen LogP contribution in [0.4, 0.5) is 4.79 Å². The van der Waals surface area contributed by atoms with E-state index in [0.29, 0.717) is 5.92 Å². The third kappa shape index (κ3) is 9.73. The second-order valence-corrected chi connectivity index (χ2v) is 4.86. The van der Waals surface area contributed by atoms with E-state index in [4.69, 9.17) is 9.99 Å². The first kappa shape index (κ1) is 18.2. The van der Waals surface area contributed by atoms with Crippen molar-refractivity contribution in [2.75, 3.05) is 0 Å². The molecule has 0 aliphatic rings. The molecule has 0 rings (SSSR count). The first-order valence-electron chi connectivity index (χ1n) is 7.38. The highest BCUT2D eigenvalue weighted by Crippen LogP contribution is 2.24. The van der Waals surface area contributed by atoms with Crippen molar-refractivity contribution in [2.45, 2.75) is 78.2 Å². The second-order valence-electron chi connectivity index (χ2n) is 4.86. The maximum atomic E-state index is 10.2. The van der Waals surface area contributed by atoms with Gasteiger partial charge >= 0.3 is 6.16 Å². The predicted octanol–water partition coefficient (Wildman–Crippen LogP) is 4.71. The van der Waals surface area contributed by atoms with Crippen LogP contribution in [0.2, 0.25) is 0 Å². The van der Waals surface area contributed by atoms with Crippen LogP contribution < -0.4 is 0 Å². The van der Waals surface area contributed by atoms with Gasteiger partial charge in [0.1, 0.15) is 0 Å². The minimum atomic E-state index is -1.49. The first-order valence-corrected chi connectivity index (χ1v) is 7.38. The van der Waals surface area contributed by atoms with E-state index < -0.39 is 6.16 Å². The summed E-state index contributed by atoms with van der Waals surface area (Å²) in [6.45, 7) is 6.42. The van der Waals surface area contributed by atoms with Gasteiger partial charge < -0.3 is 5.11 Å². The summed E-state index contributed by atoms with van der Waals surface area (Å²) in [5.74, 6) is 0.384. The highest BCUT2D eigenvalue weighted by Gasteiger charge is 2.22. The van der Waals surface area contributed by atoms with Crippen LogP contribution in [0.3, 0.4) is 0 Å². The minimum Gasteiger partial charge on any atom is -0.448 e. The van der Waals surface area contributed by atoms with Crippen molar-refractivity contribution in [3.63, 3.8) is 0 Å². The normalized spacial score (nSPS) is 14.1. The molecule has 114 valence electrons. The fourth-order valence-corrected chi connectivity index (χ4v) is 2.18. The highest BCUT2D eigenvalue weighted by molar-refractivity contribution is 5.55. The van der Waals surface area contributed by atoms with Gasteiger partial charge in [0, 0.05) is 0 Å². The van der Waals surface area contributed by atoms with Crippen molar-refractivity contribution in [3.05, 3.63) is 0 Å². The monoisotopic (exact) mass is 276 g/mol. The average molecular weight is 276 g/mol. The zero-order valence-electron chi connectivity index (χ0n) is 12.4. The largest absolute Gasteiger partial charge is 0.540 e. The van der Waals surface area contributed by atoms with E-state index in [2.05, 4.69) is 30.7 Å². The van der Waals surface area contributed by atoms with Crippen molar-refractivity contribution < 1.29 is 24.7 Å². The summed E-state index contributed by atoms with van der Waals surface area (Å²) in [4.78, 5) is 19.3. The Bertz CT molecular complexity index is 220. The van der Waals surface area contributed by atoms with Gasteiger partial charge in [-0.3, -0.25) is 0 Å². The number of hydrogen-bond acceptors (Lipinski definition) is 4. The molecule has 0 aromatic carbocycles. The Morgan fingerprint density at radius 3 is 2.26 bits per heavy atom. The lowest BCUT2D eigenvalue weighted by molar-refractivity contribution is -0.505. The summed E-state index contributed by atoms with van der Waals surface area (Å²) in [6.07, 6.45) is 6.98. The molecular weight excluding hydrogens is 248 g/mol. The van der Waals surface area contributed by atoms with Gasteiger partial charge in [-0.1, -0.05) is 59.3 Å². The van der Waals surface area contributed by atoms with Crippen molar-refractivity contribution in [2.24, 2.45) is 5.92 Å². The van der Waals surface area contributed by atoms with Crippen LogP contribution in [-0.2, 0) is 14.8 Å².